The van der Waals surface area contributed by atoms with Gasteiger partial charge in [0.25, 0.3) is 5.91 Å². The molecule has 0 unspecified atom stereocenters. The third-order valence-corrected chi connectivity index (χ3v) is 3.59. The van der Waals surface area contributed by atoms with Gasteiger partial charge < -0.3 is 10.3 Å². The first-order chi connectivity index (χ1) is 8.84. The van der Waals surface area contributed by atoms with Gasteiger partial charge >= 0.3 is 0 Å². The van der Waals surface area contributed by atoms with Crippen molar-refractivity contribution in [1.29, 1.82) is 0 Å². The second-order valence-electron chi connectivity index (χ2n) is 3.87. The number of hydrogen-bond donors (Lipinski definition) is 2. The van der Waals surface area contributed by atoms with Crippen LogP contribution in [0.1, 0.15) is 15.2 Å². The number of rotatable bonds is 3. The summed E-state index contributed by atoms with van der Waals surface area (Å²) in [5.74, 6) is -0.0387. The van der Waals surface area contributed by atoms with E-state index in [-0.39, 0.29) is 5.91 Å². The summed E-state index contributed by atoms with van der Waals surface area (Å²) >= 11 is 1.44. The molecule has 18 heavy (non-hydrogen) atoms. The highest BCUT2D eigenvalue weighted by molar-refractivity contribution is 7.12. The first-order valence-corrected chi connectivity index (χ1v) is 6.45. The summed E-state index contributed by atoms with van der Waals surface area (Å²) in [5.41, 5.74) is 1.89. The van der Waals surface area contributed by atoms with E-state index in [2.05, 4.69) is 15.3 Å². The second kappa shape index (κ2) is 4.62. The fourth-order valence-electron chi connectivity index (χ4n) is 1.83. The van der Waals surface area contributed by atoms with Gasteiger partial charge in [-0.1, -0.05) is 6.07 Å². The molecule has 0 fully saturated rings. The number of hydrogen-bond acceptors (Lipinski definition) is 3. The number of H-pyrrole nitrogens is 1. The van der Waals surface area contributed by atoms with Crippen LogP contribution in [0.2, 0.25) is 0 Å². The molecule has 0 saturated carbocycles. The standard InChI is InChI=1S/C13H11N3OS/c17-13(11-4-2-6-18-11)16-8-9-7-15-12-10(9)3-1-5-14-12/h1-7H,8H2,(H,14,15)(H,16,17). The lowest BCUT2D eigenvalue weighted by Crippen LogP contribution is -2.21. The molecule has 0 radical (unpaired) electrons. The number of aromatic amines is 1. The molecule has 0 aromatic carbocycles. The summed E-state index contributed by atoms with van der Waals surface area (Å²) in [4.78, 5) is 19.8. The molecule has 0 atom stereocenters. The highest BCUT2D eigenvalue weighted by Crippen LogP contribution is 2.15. The van der Waals surface area contributed by atoms with Gasteiger partial charge in [-0.3, -0.25) is 4.79 Å². The highest BCUT2D eigenvalue weighted by Gasteiger charge is 2.08. The zero-order valence-electron chi connectivity index (χ0n) is 9.51. The number of carbonyl (C=O) groups is 1. The number of aromatic nitrogens is 2. The number of nitrogens with zero attached hydrogens (tertiary/aromatic N) is 1. The summed E-state index contributed by atoms with van der Waals surface area (Å²) < 4.78 is 0. The molecular formula is C13H11N3OS. The number of thiophene rings is 1. The lowest BCUT2D eigenvalue weighted by molar-refractivity contribution is 0.0955. The van der Waals surface area contributed by atoms with E-state index >= 15 is 0 Å². The Morgan fingerprint density at radius 2 is 2.33 bits per heavy atom. The van der Waals surface area contributed by atoms with Gasteiger partial charge in [0.1, 0.15) is 5.65 Å². The van der Waals surface area contributed by atoms with E-state index in [9.17, 15) is 4.79 Å². The van der Waals surface area contributed by atoms with Crippen molar-refractivity contribution < 1.29 is 4.79 Å². The van der Waals surface area contributed by atoms with Gasteiger partial charge in [0.2, 0.25) is 0 Å². The molecular weight excluding hydrogens is 246 g/mol. The van der Waals surface area contributed by atoms with Crippen LogP contribution in [0.15, 0.2) is 42.0 Å². The van der Waals surface area contributed by atoms with Crippen molar-refractivity contribution in [2.24, 2.45) is 0 Å². The molecule has 0 aliphatic rings. The Hall–Kier alpha value is -2.14. The molecule has 3 aromatic heterocycles. The fraction of sp³-hybridized carbons (Fsp3) is 0.0769. The van der Waals surface area contributed by atoms with Crippen molar-refractivity contribution in [2.75, 3.05) is 0 Å². The Morgan fingerprint density at radius 1 is 1.39 bits per heavy atom. The third kappa shape index (κ3) is 2.00. The molecule has 3 rings (SSSR count). The van der Waals surface area contributed by atoms with Crippen LogP contribution in [0.5, 0.6) is 0 Å². The number of fused-ring (bicyclic) bond motifs is 1. The molecule has 3 heterocycles. The monoisotopic (exact) mass is 257 g/mol. The Balaban J connectivity index is 1.76. The van der Waals surface area contributed by atoms with E-state index < -0.39 is 0 Å². The van der Waals surface area contributed by atoms with Crippen LogP contribution in [0.4, 0.5) is 0 Å². The second-order valence-corrected chi connectivity index (χ2v) is 4.82. The maximum Gasteiger partial charge on any atom is 0.261 e. The molecule has 0 spiro atoms. The molecule has 2 N–H and O–H groups in total. The van der Waals surface area contributed by atoms with Crippen LogP contribution in [0, 0.1) is 0 Å². The number of nitrogens with one attached hydrogen (secondary N) is 2. The molecule has 0 aliphatic carbocycles. The normalized spacial score (nSPS) is 10.7. The van der Waals surface area contributed by atoms with Crippen LogP contribution >= 0.6 is 11.3 Å². The molecule has 90 valence electrons. The predicted octanol–water partition coefficient (Wildman–Crippen LogP) is 2.55. The summed E-state index contributed by atoms with van der Waals surface area (Å²) in [7, 11) is 0. The SMILES string of the molecule is O=C(NCc1c[nH]c2ncccc12)c1cccs1. The Bertz CT molecular complexity index is 672. The maximum atomic E-state index is 11.8. The van der Waals surface area contributed by atoms with Crippen LogP contribution in [-0.2, 0) is 6.54 Å². The average molecular weight is 257 g/mol. The van der Waals surface area contributed by atoms with Crippen LogP contribution in [0.3, 0.4) is 0 Å². The van der Waals surface area contributed by atoms with Gasteiger partial charge in [0, 0.05) is 24.3 Å². The van der Waals surface area contributed by atoms with Gasteiger partial charge in [0.15, 0.2) is 0 Å². The van der Waals surface area contributed by atoms with E-state index in [0.29, 0.717) is 6.54 Å². The minimum atomic E-state index is -0.0387. The zero-order chi connectivity index (χ0) is 12.4. The topological polar surface area (TPSA) is 57.8 Å². The maximum absolute atomic E-state index is 11.8. The van der Waals surface area contributed by atoms with Crippen LogP contribution in [-0.4, -0.2) is 15.9 Å². The number of amides is 1. The molecule has 4 nitrogen and oxygen atoms in total. The minimum Gasteiger partial charge on any atom is -0.347 e. The number of pyridine rings is 1. The van der Waals surface area contributed by atoms with Crippen molar-refractivity contribution in [3.8, 4) is 0 Å². The molecule has 3 aromatic rings. The van der Waals surface area contributed by atoms with Crippen LogP contribution in [0.25, 0.3) is 11.0 Å². The highest BCUT2D eigenvalue weighted by atomic mass is 32.1. The van der Waals surface area contributed by atoms with E-state index in [1.807, 2.05) is 35.8 Å². The van der Waals surface area contributed by atoms with Crippen molar-refractivity contribution >= 4 is 28.3 Å². The van der Waals surface area contributed by atoms with Gasteiger partial charge in [-0.15, -0.1) is 11.3 Å². The van der Waals surface area contributed by atoms with E-state index in [4.69, 9.17) is 0 Å². The van der Waals surface area contributed by atoms with Crippen LogP contribution < -0.4 is 5.32 Å². The Labute approximate surface area is 108 Å². The number of carbonyl (C=O) groups excluding carboxylic acids is 1. The summed E-state index contributed by atoms with van der Waals surface area (Å²) in [6.07, 6.45) is 3.62. The molecule has 0 aliphatic heterocycles. The Morgan fingerprint density at radius 3 is 3.17 bits per heavy atom. The predicted molar refractivity (Wildman–Crippen MR) is 71.6 cm³/mol. The Kier molecular flexibility index (Phi) is 2.82. The average Bonchev–Trinajstić information content (AvgIpc) is 3.06. The van der Waals surface area contributed by atoms with E-state index in [1.54, 1.807) is 6.20 Å². The van der Waals surface area contributed by atoms with Crippen molar-refractivity contribution in [3.05, 3.63) is 52.5 Å². The third-order valence-electron chi connectivity index (χ3n) is 2.72. The van der Waals surface area contributed by atoms with Gasteiger partial charge in [-0.05, 0) is 29.1 Å². The quantitative estimate of drug-likeness (QED) is 0.757. The van der Waals surface area contributed by atoms with E-state index in [1.165, 1.54) is 11.3 Å². The fourth-order valence-corrected chi connectivity index (χ4v) is 2.47. The first kappa shape index (κ1) is 11.0. The van der Waals surface area contributed by atoms with Gasteiger partial charge in [-0.2, -0.15) is 0 Å². The molecule has 1 amide bonds. The molecule has 0 bridgehead atoms. The van der Waals surface area contributed by atoms with Crippen molar-refractivity contribution in [1.82, 2.24) is 15.3 Å². The lowest BCUT2D eigenvalue weighted by Gasteiger charge is -2.02. The van der Waals surface area contributed by atoms with Crippen molar-refractivity contribution in [3.63, 3.8) is 0 Å². The van der Waals surface area contributed by atoms with Gasteiger partial charge in [0.05, 0.1) is 4.88 Å². The van der Waals surface area contributed by atoms with Crippen molar-refractivity contribution in [2.45, 2.75) is 6.54 Å². The summed E-state index contributed by atoms with van der Waals surface area (Å²) in [6.45, 7) is 0.502. The van der Waals surface area contributed by atoms with Gasteiger partial charge in [-0.25, -0.2) is 4.98 Å². The smallest absolute Gasteiger partial charge is 0.261 e. The largest absolute Gasteiger partial charge is 0.347 e. The lowest BCUT2D eigenvalue weighted by atomic mass is 10.2. The first-order valence-electron chi connectivity index (χ1n) is 5.57. The van der Waals surface area contributed by atoms with E-state index in [0.717, 1.165) is 21.5 Å². The summed E-state index contributed by atoms with van der Waals surface area (Å²) in [6, 6.07) is 7.57. The summed E-state index contributed by atoms with van der Waals surface area (Å²) in [5, 5.41) is 5.84. The molecule has 0 saturated heterocycles. The molecule has 5 heteroatoms. The minimum absolute atomic E-state index is 0.0387. The zero-order valence-corrected chi connectivity index (χ0v) is 10.3.